The van der Waals surface area contributed by atoms with Crippen molar-refractivity contribution in [2.45, 2.75) is 25.2 Å². The summed E-state index contributed by atoms with van der Waals surface area (Å²) in [5.41, 5.74) is 1.59. The molecule has 0 atom stereocenters. The molecule has 1 aliphatic heterocycles. The average Bonchev–Trinajstić information content (AvgIpc) is 2.79. The van der Waals surface area contributed by atoms with Crippen LogP contribution in [0.3, 0.4) is 0 Å². The zero-order valence-corrected chi connectivity index (χ0v) is 15.4. The number of nitrogens with zero attached hydrogens (tertiary/aromatic N) is 2. The van der Waals surface area contributed by atoms with Crippen LogP contribution in [0.1, 0.15) is 17.5 Å². The van der Waals surface area contributed by atoms with Crippen molar-refractivity contribution in [1.82, 2.24) is 9.21 Å². The molecule has 8 heteroatoms. The van der Waals surface area contributed by atoms with E-state index in [1.807, 2.05) is 13.0 Å². The van der Waals surface area contributed by atoms with Gasteiger partial charge in [0.15, 0.2) is 0 Å². The molecule has 0 bridgehead atoms. The smallest absolute Gasteiger partial charge is 0.409 e. The highest BCUT2D eigenvalue weighted by Crippen LogP contribution is 2.31. The quantitative estimate of drug-likeness (QED) is 0.825. The van der Waals surface area contributed by atoms with E-state index < -0.39 is 16.1 Å². The Labute approximate surface area is 143 Å². The highest BCUT2D eigenvalue weighted by molar-refractivity contribution is 7.89. The van der Waals surface area contributed by atoms with Gasteiger partial charge in [-0.15, -0.1) is 0 Å². The Morgan fingerprint density at radius 1 is 1.08 bits per heavy atom. The lowest BCUT2D eigenvalue weighted by Crippen LogP contribution is -2.37. The molecule has 0 aliphatic carbocycles. The fourth-order valence-corrected chi connectivity index (χ4v) is 4.78. The third-order valence-corrected chi connectivity index (χ3v) is 6.17. The molecule has 1 aromatic carbocycles. The molecule has 0 spiro atoms. The molecule has 0 radical (unpaired) electrons. The Kier molecular flexibility index (Phi) is 5.71. The summed E-state index contributed by atoms with van der Waals surface area (Å²) in [6, 6.07) is 3.55. The van der Waals surface area contributed by atoms with Crippen molar-refractivity contribution in [2.75, 3.05) is 40.4 Å². The van der Waals surface area contributed by atoms with Gasteiger partial charge < -0.3 is 14.4 Å². The molecule has 1 aromatic rings. The maximum atomic E-state index is 13.1. The van der Waals surface area contributed by atoms with E-state index in [9.17, 15) is 13.2 Å². The zero-order valence-electron chi connectivity index (χ0n) is 14.5. The van der Waals surface area contributed by atoms with E-state index in [1.165, 1.54) is 23.4 Å². The number of benzene rings is 1. The first-order valence-corrected chi connectivity index (χ1v) is 9.23. The van der Waals surface area contributed by atoms with E-state index >= 15 is 0 Å². The number of sulfonamides is 1. The van der Waals surface area contributed by atoms with Crippen molar-refractivity contribution in [1.29, 1.82) is 0 Å². The molecule has 0 saturated carbocycles. The Hall–Kier alpha value is -1.80. The summed E-state index contributed by atoms with van der Waals surface area (Å²) in [7, 11) is -0.913. The number of aryl methyl sites for hydroxylation is 2. The molecule has 1 aliphatic rings. The molecule has 0 N–H and O–H groups in total. The Morgan fingerprint density at radius 3 is 2.42 bits per heavy atom. The monoisotopic (exact) mass is 356 g/mol. The number of methoxy groups -OCH3 is 2. The lowest BCUT2D eigenvalue weighted by Gasteiger charge is -2.23. The SMILES string of the molecule is COC(=O)N1CCCN(S(=O)(=O)c2c(C)cc(C)cc2OC)CC1. The number of carbonyl (C=O) groups excluding carboxylic acids is 1. The van der Waals surface area contributed by atoms with Crippen LogP contribution in [0.5, 0.6) is 5.75 Å². The normalized spacial score (nSPS) is 16.6. The fourth-order valence-electron chi connectivity index (χ4n) is 2.97. The molecule has 0 unspecified atom stereocenters. The Balaban J connectivity index is 2.33. The van der Waals surface area contributed by atoms with Gasteiger partial charge in [-0.2, -0.15) is 4.31 Å². The summed E-state index contributed by atoms with van der Waals surface area (Å²) in [5.74, 6) is 0.349. The summed E-state index contributed by atoms with van der Waals surface area (Å²) in [4.78, 5) is 13.4. The Morgan fingerprint density at radius 2 is 1.79 bits per heavy atom. The number of amides is 1. The molecule has 24 heavy (non-hydrogen) atoms. The van der Waals surface area contributed by atoms with Crippen molar-refractivity contribution in [3.8, 4) is 5.75 Å². The van der Waals surface area contributed by atoms with E-state index in [4.69, 9.17) is 9.47 Å². The second-order valence-electron chi connectivity index (χ2n) is 5.83. The molecule has 1 fully saturated rings. The molecule has 7 nitrogen and oxygen atoms in total. The van der Waals surface area contributed by atoms with Crippen LogP contribution >= 0.6 is 0 Å². The zero-order chi connectivity index (χ0) is 17.9. The van der Waals surface area contributed by atoms with Crippen LogP contribution in [0.2, 0.25) is 0 Å². The summed E-state index contributed by atoms with van der Waals surface area (Å²) in [5, 5.41) is 0. The summed E-state index contributed by atoms with van der Waals surface area (Å²) in [6.45, 7) is 5.02. The van der Waals surface area contributed by atoms with E-state index in [1.54, 1.807) is 13.0 Å². The lowest BCUT2D eigenvalue weighted by atomic mass is 10.1. The third-order valence-electron chi connectivity index (χ3n) is 4.09. The van der Waals surface area contributed by atoms with Gasteiger partial charge >= 0.3 is 6.09 Å². The van der Waals surface area contributed by atoms with Crippen molar-refractivity contribution < 1.29 is 22.7 Å². The minimum atomic E-state index is -3.70. The lowest BCUT2D eigenvalue weighted by molar-refractivity contribution is 0.126. The van der Waals surface area contributed by atoms with Crippen molar-refractivity contribution >= 4 is 16.1 Å². The predicted molar refractivity (Wildman–Crippen MR) is 89.8 cm³/mol. The topological polar surface area (TPSA) is 76.2 Å². The third kappa shape index (κ3) is 3.64. The minimum absolute atomic E-state index is 0.196. The largest absolute Gasteiger partial charge is 0.495 e. The van der Waals surface area contributed by atoms with Crippen LogP contribution in [0.4, 0.5) is 4.79 Å². The van der Waals surface area contributed by atoms with E-state index in [0.29, 0.717) is 37.4 Å². The van der Waals surface area contributed by atoms with Crippen LogP contribution in [-0.4, -0.2) is 64.1 Å². The van der Waals surface area contributed by atoms with Crippen molar-refractivity contribution in [2.24, 2.45) is 0 Å². The Bertz CT molecular complexity index is 717. The van der Waals surface area contributed by atoms with Crippen LogP contribution < -0.4 is 4.74 Å². The minimum Gasteiger partial charge on any atom is -0.495 e. The first-order chi connectivity index (χ1) is 11.3. The molecule has 0 aromatic heterocycles. The van der Waals surface area contributed by atoms with Crippen molar-refractivity contribution in [3.05, 3.63) is 23.3 Å². The van der Waals surface area contributed by atoms with Gasteiger partial charge in [0.2, 0.25) is 10.0 Å². The van der Waals surface area contributed by atoms with Gasteiger partial charge in [0, 0.05) is 26.2 Å². The molecule has 1 heterocycles. The predicted octanol–water partition coefficient (Wildman–Crippen LogP) is 1.77. The molecular weight excluding hydrogens is 332 g/mol. The van der Waals surface area contributed by atoms with Crippen LogP contribution in [-0.2, 0) is 14.8 Å². The first kappa shape index (κ1) is 18.5. The van der Waals surface area contributed by atoms with Crippen LogP contribution in [0, 0.1) is 13.8 Å². The molecule has 1 saturated heterocycles. The second kappa shape index (κ2) is 7.40. The van der Waals surface area contributed by atoms with Gasteiger partial charge in [-0.3, -0.25) is 0 Å². The fraction of sp³-hybridized carbons (Fsp3) is 0.562. The van der Waals surface area contributed by atoms with Gasteiger partial charge in [-0.25, -0.2) is 13.2 Å². The van der Waals surface area contributed by atoms with Gasteiger partial charge in [0.25, 0.3) is 0 Å². The molecule has 2 rings (SSSR count). The maximum absolute atomic E-state index is 13.1. The number of hydrogen-bond acceptors (Lipinski definition) is 5. The number of hydrogen-bond donors (Lipinski definition) is 0. The number of carbonyl (C=O) groups is 1. The van der Waals surface area contributed by atoms with E-state index in [0.717, 1.165) is 5.56 Å². The standard InChI is InChI=1S/C16H24N2O5S/c1-12-10-13(2)15(14(11-12)22-3)24(20,21)18-7-5-6-17(8-9-18)16(19)23-4/h10-11H,5-9H2,1-4H3. The van der Waals surface area contributed by atoms with Crippen molar-refractivity contribution in [3.63, 3.8) is 0 Å². The number of rotatable bonds is 3. The van der Waals surface area contributed by atoms with E-state index in [-0.39, 0.29) is 11.4 Å². The first-order valence-electron chi connectivity index (χ1n) is 7.79. The molecular formula is C16H24N2O5S. The second-order valence-corrected chi connectivity index (χ2v) is 7.70. The van der Waals surface area contributed by atoms with Gasteiger partial charge in [-0.1, -0.05) is 6.07 Å². The van der Waals surface area contributed by atoms with Gasteiger partial charge in [0.05, 0.1) is 14.2 Å². The van der Waals surface area contributed by atoms with Crippen LogP contribution in [0.15, 0.2) is 17.0 Å². The summed E-state index contributed by atoms with van der Waals surface area (Å²) >= 11 is 0. The molecule has 1 amide bonds. The maximum Gasteiger partial charge on any atom is 0.409 e. The van der Waals surface area contributed by atoms with Crippen LogP contribution in [0.25, 0.3) is 0 Å². The summed E-state index contributed by atoms with van der Waals surface area (Å²) in [6.07, 6.45) is 0.125. The average molecular weight is 356 g/mol. The summed E-state index contributed by atoms with van der Waals surface area (Å²) < 4.78 is 37.7. The van der Waals surface area contributed by atoms with Gasteiger partial charge in [0.1, 0.15) is 10.6 Å². The van der Waals surface area contributed by atoms with E-state index in [2.05, 4.69) is 0 Å². The van der Waals surface area contributed by atoms with Gasteiger partial charge in [-0.05, 0) is 37.5 Å². The highest BCUT2D eigenvalue weighted by Gasteiger charge is 2.32. The highest BCUT2D eigenvalue weighted by atomic mass is 32.2. The molecule has 134 valence electrons. The number of ether oxygens (including phenoxy) is 2.